The molecule has 0 heterocycles. The standard InChI is InChI=1S/C14H29N3O/c1-13(18)16-11-10-15-9-6-12-17(2)14-7-4-3-5-8-14/h14-15H,3-12H2,1-2H3,(H,16,18). The van der Waals surface area contributed by atoms with Crippen LogP contribution in [0.15, 0.2) is 0 Å². The van der Waals surface area contributed by atoms with Gasteiger partial charge in [-0.3, -0.25) is 4.79 Å². The van der Waals surface area contributed by atoms with Crippen LogP contribution in [0.3, 0.4) is 0 Å². The Morgan fingerprint density at radius 1 is 1.17 bits per heavy atom. The van der Waals surface area contributed by atoms with Gasteiger partial charge >= 0.3 is 0 Å². The summed E-state index contributed by atoms with van der Waals surface area (Å²) in [6, 6.07) is 0.818. The number of nitrogens with zero attached hydrogens (tertiary/aromatic N) is 1. The number of carbonyl (C=O) groups is 1. The molecule has 2 N–H and O–H groups in total. The number of carbonyl (C=O) groups excluding carboxylic acids is 1. The minimum atomic E-state index is 0.0498. The normalized spacial score (nSPS) is 17.1. The Bertz CT molecular complexity index is 227. The fourth-order valence-electron chi connectivity index (χ4n) is 2.61. The first-order chi connectivity index (χ1) is 8.70. The van der Waals surface area contributed by atoms with Gasteiger partial charge in [-0.25, -0.2) is 0 Å². The molecular formula is C14H29N3O. The van der Waals surface area contributed by atoms with Crippen LogP contribution in [0.25, 0.3) is 0 Å². The fourth-order valence-corrected chi connectivity index (χ4v) is 2.61. The zero-order chi connectivity index (χ0) is 13.2. The Hall–Kier alpha value is -0.610. The van der Waals surface area contributed by atoms with Crippen molar-refractivity contribution in [3.05, 3.63) is 0 Å². The van der Waals surface area contributed by atoms with Crippen LogP contribution in [0.2, 0.25) is 0 Å². The molecule has 1 fully saturated rings. The molecule has 0 aromatic rings. The van der Waals surface area contributed by atoms with E-state index in [4.69, 9.17) is 0 Å². The van der Waals surface area contributed by atoms with Crippen molar-refractivity contribution < 1.29 is 4.79 Å². The molecule has 0 aromatic heterocycles. The van der Waals surface area contributed by atoms with E-state index >= 15 is 0 Å². The minimum Gasteiger partial charge on any atom is -0.355 e. The third-order valence-corrected chi connectivity index (χ3v) is 3.74. The monoisotopic (exact) mass is 255 g/mol. The van der Waals surface area contributed by atoms with Crippen LogP contribution in [0.4, 0.5) is 0 Å². The van der Waals surface area contributed by atoms with E-state index in [1.165, 1.54) is 45.1 Å². The van der Waals surface area contributed by atoms with E-state index in [0.29, 0.717) is 0 Å². The molecule has 0 atom stereocenters. The Morgan fingerprint density at radius 2 is 1.89 bits per heavy atom. The number of rotatable bonds is 8. The zero-order valence-electron chi connectivity index (χ0n) is 12.0. The van der Waals surface area contributed by atoms with Gasteiger partial charge < -0.3 is 15.5 Å². The highest BCUT2D eigenvalue weighted by atomic mass is 16.1. The fraction of sp³-hybridized carbons (Fsp3) is 0.929. The summed E-state index contributed by atoms with van der Waals surface area (Å²) in [5.41, 5.74) is 0. The van der Waals surface area contributed by atoms with Gasteiger partial charge in [-0.2, -0.15) is 0 Å². The Morgan fingerprint density at radius 3 is 2.56 bits per heavy atom. The highest BCUT2D eigenvalue weighted by Crippen LogP contribution is 2.21. The largest absolute Gasteiger partial charge is 0.355 e. The van der Waals surface area contributed by atoms with Crippen molar-refractivity contribution in [1.82, 2.24) is 15.5 Å². The Labute approximate surface area is 111 Å². The molecule has 0 aromatic carbocycles. The van der Waals surface area contributed by atoms with Gasteiger partial charge in [-0.15, -0.1) is 0 Å². The summed E-state index contributed by atoms with van der Waals surface area (Å²) in [4.78, 5) is 13.2. The van der Waals surface area contributed by atoms with E-state index in [2.05, 4.69) is 22.6 Å². The Kier molecular flexibility index (Phi) is 8.01. The molecule has 0 radical (unpaired) electrons. The van der Waals surface area contributed by atoms with E-state index in [1.807, 2.05) is 0 Å². The zero-order valence-corrected chi connectivity index (χ0v) is 12.0. The molecule has 1 amide bonds. The molecule has 106 valence electrons. The lowest BCUT2D eigenvalue weighted by atomic mass is 9.94. The van der Waals surface area contributed by atoms with Gasteiger partial charge in [-0.05, 0) is 39.4 Å². The maximum atomic E-state index is 10.7. The summed E-state index contributed by atoms with van der Waals surface area (Å²) in [6.07, 6.45) is 8.19. The summed E-state index contributed by atoms with van der Waals surface area (Å²) >= 11 is 0. The SMILES string of the molecule is CC(=O)NCCNCCCN(C)C1CCCCC1. The van der Waals surface area contributed by atoms with Crippen LogP contribution in [-0.4, -0.2) is 50.1 Å². The first kappa shape index (κ1) is 15.4. The van der Waals surface area contributed by atoms with Gasteiger partial charge in [0.2, 0.25) is 5.91 Å². The average molecular weight is 255 g/mol. The molecule has 4 heteroatoms. The van der Waals surface area contributed by atoms with Crippen molar-refractivity contribution >= 4 is 5.91 Å². The number of nitrogens with one attached hydrogen (secondary N) is 2. The van der Waals surface area contributed by atoms with Crippen LogP contribution >= 0.6 is 0 Å². The minimum absolute atomic E-state index is 0.0498. The molecule has 0 saturated heterocycles. The summed E-state index contributed by atoms with van der Waals surface area (Å²) in [7, 11) is 2.26. The van der Waals surface area contributed by atoms with Crippen molar-refractivity contribution in [2.45, 2.75) is 51.5 Å². The van der Waals surface area contributed by atoms with Crippen molar-refractivity contribution in [2.75, 3.05) is 33.2 Å². The van der Waals surface area contributed by atoms with Crippen LogP contribution in [-0.2, 0) is 4.79 Å². The van der Waals surface area contributed by atoms with Crippen molar-refractivity contribution in [3.8, 4) is 0 Å². The van der Waals surface area contributed by atoms with E-state index in [1.54, 1.807) is 6.92 Å². The number of hydrogen-bond acceptors (Lipinski definition) is 3. The van der Waals surface area contributed by atoms with Gasteiger partial charge in [-0.1, -0.05) is 19.3 Å². The van der Waals surface area contributed by atoms with Gasteiger partial charge in [0.25, 0.3) is 0 Å². The van der Waals surface area contributed by atoms with E-state index in [-0.39, 0.29) is 5.91 Å². The van der Waals surface area contributed by atoms with E-state index in [0.717, 1.165) is 25.7 Å². The maximum absolute atomic E-state index is 10.7. The lowest BCUT2D eigenvalue weighted by molar-refractivity contribution is -0.118. The predicted octanol–water partition coefficient (Wildman–Crippen LogP) is 1.37. The molecule has 18 heavy (non-hydrogen) atoms. The highest BCUT2D eigenvalue weighted by Gasteiger charge is 2.16. The molecule has 0 spiro atoms. The van der Waals surface area contributed by atoms with Crippen LogP contribution < -0.4 is 10.6 Å². The summed E-state index contributed by atoms with van der Waals surface area (Å²) in [6.45, 7) is 5.37. The number of amides is 1. The second-order valence-corrected chi connectivity index (χ2v) is 5.36. The van der Waals surface area contributed by atoms with Crippen LogP contribution in [0, 0.1) is 0 Å². The molecule has 0 bridgehead atoms. The molecule has 1 saturated carbocycles. The molecular weight excluding hydrogens is 226 g/mol. The molecule has 1 aliphatic carbocycles. The van der Waals surface area contributed by atoms with Crippen LogP contribution in [0.1, 0.15) is 45.4 Å². The highest BCUT2D eigenvalue weighted by molar-refractivity contribution is 5.72. The lowest BCUT2D eigenvalue weighted by Crippen LogP contribution is -2.36. The van der Waals surface area contributed by atoms with Crippen molar-refractivity contribution in [1.29, 1.82) is 0 Å². The van der Waals surface area contributed by atoms with Gasteiger partial charge in [0, 0.05) is 26.1 Å². The smallest absolute Gasteiger partial charge is 0.216 e. The molecule has 1 rings (SSSR count). The molecule has 4 nitrogen and oxygen atoms in total. The maximum Gasteiger partial charge on any atom is 0.216 e. The summed E-state index contributed by atoms with van der Waals surface area (Å²) < 4.78 is 0. The Balaban J connectivity index is 1.91. The molecule has 0 aliphatic heterocycles. The topological polar surface area (TPSA) is 44.4 Å². The third-order valence-electron chi connectivity index (χ3n) is 3.74. The lowest BCUT2D eigenvalue weighted by Gasteiger charge is -2.31. The first-order valence-electron chi connectivity index (χ1n) is 7.35. The predicted molar refractivity (Wildman–Crippen MR) is 75.7 cm³/mol. The second-order valence-electron chi connectivity index (χ2n) is 5.36. The third kappa shape index (κ3) is 6.97. The van der Waals surface area contributed by atoms with Crippen LogP contribution in [0.5, 0.6) is 0 Å². The number of hydrogen-bond donors (Lipinski definition) is 2. The van der Waals surface area contributed by atoms with Crippen molar-refractivity contribution in [2.24, 2.45) is 0 Å². The van der Waals surface area contributed by atoms with Gasteiger partial charge in [0.1, 0.15) is 0 Å². The summed E-state index contributed by atoms with van der Waals surface area (Å²) in [5, 5.41) is 6.14. The van der Waals surface area contributed by atoms with Gasteiger partial charge in [0.05, 0.1) is 0 Å². The molecule has 1 aliphatic rings. The summed E-state index contributed by atoms with van der Waals surface area (Å²) in [5.74, 6) is 0.0498. The van der Waals surface area contributed by atoms with Crippen molar-refractivity contribution in [3.63, 3.8) is 0 Å². The first-order valence-corrected chi connectivity index (χ1v) is 7.35. The quantitative estimate of drug-likeness (QED) is 0.644. The average Bonchev–Trinajstić information content (AvgIpc) is 2.38. The van der Waals surface area contributed by atoms with Gasteiger partial charge in [0.15, 0.2) is 0 Å². The molecule has 0 unspecified atom stereocenters. The second kappa shape index (κ2) is 9.34. The van der Waals surface area contributed by atoms with E-state index < -0.39 is 0 Å². The van der Waals surface area contributed by atoms with E-state index in [9.17, 15) is 4.79 Å².